The van der Waals surface area contributed by atoms with Gasteiger partial charge in [-0.3, -0.25) is 4.90 Å². The van der Waals surface area contributed by atoms with Crippen LogP contribution in [0.25, 0.3) is 6.08 Å². The molecule has 4 rings (SSSR count). The summed E-state index contributed by atoms with van der Waals surface area (Å²) in [6.07, 6.45) is 6.86. The van der Waals surface area contributed by atoms with Crippen LogP contribution in [0.5, 0.6) is 0 Å². The van der Waals surface area contributed by atoms with E-state index in [4.69, 9.17) is 0 Å². The minimum Gasteiger partial charge on any atom is -0.323 e. The van der Waals surface area contributed by atoms with Gasteiger partial charge in [0.1, 0.15) is 0 Å². The largest absolute Gasteiger partial charge is 0.323 e. The smallest absolute Gasteiger partial charge is 0.205 e. The molecule has 0 radical (unpaired) electrons. The number of likely N-dealkylation sites (N-methyl/N-ethyl adjacent to an activating group) is 1. The number of nitrogens with one attached hydrogen (secondary N) is 1. The predicted molar refractivity (Wildman–Crippen MR) is 147 cm³/mol. The molecule has 1 atom stereocenters. The molecule has 0 saturated heterocycles. The standard InChI is InChI=1S/C28H29NO2S.C2H7N/c1-29(2)28(25-16-8-4-9-17-25,32(30,31)27-19-10-5-11-20-27)26-18-12-15-24(22-26)21-23-13-6-3-7-14-23;1-3-2/h3-11,13-14,16-17,19-22H,12,15,18H2,1-2H3;3H,1-2H3. The van der Waals surface area contributed by atoms with Gasteiger partial charge in [-0.1, -0.05) is 91.0 Å². The van der Waals surface area contributed by atoms with Crippen molar-refractivity contribution in [2.24, 2.45) is 0 Å². The zero-order valence-electron chi connectivity index (χ0n) is 21.1. The molecule has 5 heteroatoms. The minimum absolute atomic E-state index is 0.331. The molecule has 184 valence electrons. The highest BCUT2D eigenvalue weighted by Crippen LogP contribution is 2.47. The molecule has 0 aliphatic heterocycles. The SMILES string of the molecule is CN(C)C(C1=CC(=Cc2ccccc2)CCC1)(c1ccccc1)S(=O)(=O)c1ccccc1.CNC. The van der Waals surface area contributed by atoms with E-state index in [-0.39, 0.29) is 0 Å². The molecule has 4 nitrogen and oxygen atoms in total. The van der Waals surface area contributed by atoms with Crippen LogP contribution in [0.4, 0.5) is 0 Å². The van der Waals surface area contributed by atoms with Crippen LogP contribution in [-0.4, -0.2) is 41.5 Å². The van der Waals surface area contributed by atoms with Gasteiger partial charge in [-0.2, -0.15) is 0 Å². The Morgan fingerprint density at radius 2 is 1.31 bits per heavy atom. The molecule has 0 fully saturated rings. The Kier molecular flexibility index (Phi) is 9.21. The monoisotopic (exact) mass is 488 g/mol. The summed E-state index contributed by atoms with van der Waals surface area (Å²) in [5, 5.41) is 2.75. The van der Waals surface area contributed by atoms with Crippen molar-refractivity contribution >= 4 is 15.9 Å². The van der Waals surface area contributed by atoms with E-state index in [1.165, 1.54) is 0 Å². The number of benzene rings is 3. The van der Waals surface area contributed by atoms with Gasteiger partial charge in [-0.25, -0.2) is 8.42 Å². The van der Waals surface area contributed by atoms with Crippen LogP contribution in [0.15, 0.2) is 113 Å². The summed E-state index contributed by atoms with van der Waals surface area (Å²) in [7, 11) is 3.70. The second kappa shape index (κ2) is 12.1. The van der Waals surface area contributed by atoms with Crippen molar-refractivity contribution in [1.82, 2.24) is 10.2 Å². The first kappa shape index (κ1) is 26.6. The van der Waals surface area contributed by atoms with Crippen LogP contribution in [0.2, 0.25) is 0 Å². The van der Waals surface area contributed by atoms with Gasteiger partial charge in [0.2, 0.25) is 9.84 Å². The first-order valence-electron chi connectivity index (χ1n) is 12.0. The van der Waals surface area contributed by atoms with E-state index in [1.54, 1.807) is 24.3 Å². The lowest BCUT2D eigenvalue weighted by atomic mass is 9.86. The molecular weight excluding hydrogens is 452 g/mol. The molecule has 35 heavy (non-hydrogen) atoms. The Balaban J connectivity index is 0.00000108. The molecule has 1 aliphatic carbocycles. The lowest BCUT2D eigenvalue weighted by Gasteiger charge is -2.43. The fourth-order valence-corrected chi connectivity index (χ4v) is 7.02. The third-order valence-electron chi connectivity index (χ3n) is 6.10. The summed E-state index contributed by atoms with van der Waals surface area (Å²) >= 11 is 0. The topological polar surface area (TPSA) is 49.4 Å². The molecule has 1 N–H and O–H groups in total. The maximum Gasteiger partial charge on any atom is 0.205 e. The van der Waals surface area contributed by atoms with Crippen molar-refractivity contribution < 1.29 is 8.42 Å². The molecule has 0 amide bonds. The molecule has 3 aromatic rings. The number of hydrogen-bond acceptors (Lipinski definition) is 4. The second-order valence-corrected chi connectivity index (χ2v) is 10.9. The lowest BCUT2D eigenvalue weighted by molar-refractivity contribution is 0.273. The molecule has 3 aromatic carbocycles. The van der Waals surface area contributed by atoms with Gasteiger partial charge in [0.25, 0.3) is 0 Å². The van der Waals surface area contributed by atoms with Crippen molar-refractivity contribution in [1.29, 1.82) is 0 Å². The maximum absolute atomic E-state index is 14.4. The molecule has 0 aromatic heterocycles. The number of rotatable bonds is 6. The van der Waals surface area contributed by atoms with Gasteiger partial charge in [0, 0.05) is 0 Å². The number of nitrogens with zero attached hydrogens (tertiary/aromatic N) is 1. The average Bonchev–Trinajstić information content (AvgIpc) is 2.87. The van der Waals surface area contributed by atoms with Crippen LogP contribution >= 0.6 is 0 Å². The Labute approximate surface area is 210 Å². The van der Waals surface area contributed by atoms with Crippen molar-refractivity contribution in [2.75, 3.05) is 28.2 Å². The summed E-state index contributed by atoms with van der Waals surface area (Å²) in [5.74, 6) is 0. The summed E-state index contributed by atoms with van der Waals surface area (Å²) in [4.78, 5) is 0.908. The quantitative estimate of drug-likeness (QED) is 0.469. The van der Waals surface area contributed by atoms with Gasteiger partial charge < -0.3 is 5.32 Å². The van der Waals surface area contributed by atoms with Gasteiger partial charge in [0.15, 0.2) is 4.87 Å². The normalized spacial score (nSPS) is 16.7. The first-order chi connectivity index (χ1) is 16.9. The van der Waals surface area contributed by atoms with Crippen molar-refractivity contribution in [3.05, 3.63) is 119 Å². The Hall–Kier alpha value is -2.99. The third-order valence-corrected chi connectivity index (χ3v) is 8.63. The maximum atomic E-state index is 14.4. The molecule has 0 heterocycles. The van der Waals surface area contributed by atoms with Crippen LogP contribution in [0, 0.1) is 0 Å². The number of hydrogen-bond donors (Lipinski definition) is 1. The second-order valence-electron chi connectivity index (χ2n) is 8.87. The van der Waals surface area contributed by atoms with Gasteiger partial charge >= 0.3 is 0 Å². The molecule has 0 saturated carbocycles. The van der Waals surface area contributed by atoms with Crippen molar-refractivity contribution in [2.45, 2.75) is 29.0 Å². The van der Waals surface area contributed by atoms with E-state index in [2.05, 4.69) is 29.6 Å². The zero-order valence-corrected chi connectivity index (χ0v) is 21.9. The minimum atomic E-state index is -3.78. The summed E-state index contributed by atoms with van der Waals surface area (Å²) in [6.45, 7) is 0. The Morgan fingerprint density at radius 3 is 1.86 bits per heavy atom. The van der Waals surface area contributed by atoms with E-state index in [1.807, 2.05) is 87.7 Å². The molecule has 1 unspecified atom stereocenters. The highest BCUT2D eigenvalue weighted by atomic mass is 32.2. The molecule has 0 bridgehead atoms. The van der Waals surface area contributed by atoms with Crippen molar-refractivity contribution in [3.63, 3.8) is 0 Å². The first-order valence-corrected chi connectivity index (χ1v) is 13.4. The average molecular weight is 489 g/mol. The highest BCUT2D eigenvalue weighted by molar-refractivity contribution is 7.92. The van der Waals surface area contributed by atoms with Gasteiger partial charge in [0.05, 0.1) is 4.90 Å². The Bertz CT molecular complexity index is 1240. The van der Waals surface area contributed by atoms with E-state index in [0.29, 0.717) is 4.90 Å². The van der Waals surface area contributed by atoms with Gasteiger partial charge in [-0.15, -0.1) is 0 Å². The van der Waals surface area contributed by atoms with Crippen LogP contribution in [0.1, 0.15) is 30.4 Å². The third kappa shape index (κ3) is 5.64. The fraction of sp³-hybridized carbons (Fsp3) is 0.267. The summed E-state index contributed by atoms with van der Waals surface area (Å²) in [6, 6.07) is 28.6. The van der Waals surface area contributed by atoms with E-state index < -0.39 is 14.7 Å². The highest BCUT2D eigenvalue weighted by Gasteiger charge is 2.51. The molecular formula is C30H36N2O2S. The Morgan fingerprint density at radius 1 is 0.800 bits per heavy atom. The van der Waals surface area contributed by atoms with Crippen LogP contribution < -0.4 is 5.32 Å². The summed E-state index contributed by atoms with van der Waals surface area (Å²) < 4.78 is 28.7. The number of allylic oxidation sites excluding steroid dienone is 2. The summed E-state index contributed by atoms with van der Waals surface area (Å²) in [5.41, 5.74) is 3.95. The zero-order chi connectivity index (χ0) is 25.3. The molecule has 1 aliphatic rings. The number of sulfone groups is 1. The van der Waals surface area contributed by atoms with E-state index >= 15 is 0 Å². The van der Waals surface area contributed by atoms with Crippen LogP contribution in [0.3, 0.4) is 0 Å². The van der Waals surface area contributed by atoms with E-state index in [9.17, 15) is 8.42 Å². The molecule has 0 spiro atoms. The predicted octanol–water partition coefficient (Wildman–Crippen LogP) is 5.90. The fourth-order valence-electron chi connectivity index (χ4n) is 4.73. The lowest BCUT2D eigenvalue weighted by Crippen LogP contribution is -2.50. The van der Waals surface area contributed by atoms with Crippen LogP contribution in [-0.2, 0) is 14.7 Å². The van der Waals surface area contributed by atoms with Gasteiger partial charge in [-0.05, 0) is 81.9 Å². The van der Waals surface area contributed by atoms with E-state index in [0.717, 1.165) is 41.5 Å². The van der Waals surface area contributed by atoms with Crippen molar-refractivity contribution in [3.8, 4) is 0 Å².